The van der Waals surface area contributed by atoms with E-state index in [2.05, 4.69) is 28.8 Å². The Kier molecular flexibility index (Phi) is 4.50. The van der Waals surface area contributed by atoms with Gasteiger partial charge < -0.3 is 5.73 Å². The molecule has 2 N–H and O–H groups in total. The Bertz CT molecular complexity index is 383. The van der Waals surface area contributed by atoms with Gasteiger partial charge in [-0.2, -0.15) is 9.97 Å². The average molecular weight is 248 g/mol. The number of hydrogen-bond donors (Lipinski definition) is 1. The standard InChI is InChI=1S/C14H24N4/c1-10(2)8-9-12-16-13(18-14(15)17-12)11-6-4-3-5-7-11/h10-11H,3-9H2,1-2H3,(H2,15,16,17,18). The summed E-state index contributed by atoms with van der Waals surface area (Å²) in [5.74, 6) is 3.37. The maximum atomic E-state index is 5.81. The second-order valence-electron chi connectivity index (χ2n) is 5.74. The number of anilines is 1. The van der Waals surface area contributed by atoms with Crippen molar-refractivity contribution in [3.63, 3.8) is 0 Å². The molecule has 100 valence electrons. The molecule has 0 unspecified atom stereocenters. The second kappa shape index (κ2) is 6.12. The van der Waals surface area contributed by atoms with E-state index in [-0.39, 0.29) is 0 Å². The third-order valence-electron chi connectivity index (χ3n) is 3.63. The minimum Gasteiger partial charge on any atom is -0.368 e. The van der Waals surface area contributed by atoms with Crippen LogP contribution in [0.4, 0.5) is 5.95 Å². The fraction of sp³-hybridized carbons (Fsp3) is 0.786. The Morgan fingerprint density at radius 3 is 2.50 bits per heavy atom. The number of nitrogens with zero attached hydrogens (tertiary/aromatic N) is 3. The zero-order valence-corrected chi connectivity index (χ0v) is 11.5. The van der Waals surface area contributed by atoms with Gasteiger partial charge in [-0.25, -0.2) is 4.98 Å². The minimum absolute atomic E-state index is 0.393. The van der Waals surface area contributed by atoms with Crippen molar-refractivity contribution in [2.45, 2.75) is 64.7 Å². The zero-order valence-electron chi connectivity index (χ0n) is 11.5. The van der Waals surface area contributed by atoms with Crippen LogP contribution in [0.3, 0.4) is 0 Å². The Morgan fingerprint density at radius 2 is 1.83 bits per heavy atom. The molecule has 1 heterocycles. The van der Waals surface area contributed by atoms with Gasteiger partial charge in [0.05, 0.1) is 0 Å². The Hall–Kier alpha value is -1.19. The monoisotopic (exact) mass is 248 g/mol. The van der Waals surface area contributed by atoms with Crippen molar-refractivity contribution >= 4 is 5.95 Å². The molecule has 0 aromatic carbocycles. The summed E-state index contributed by atoms with van der Waals surface area (Å²) in [4.78, 5) is 13.2. The number of aromatic nitrogens is 3. The van der Waals surface area contributed by atoms with E-state index < -0.39 is 0 Å². The van der Waals surface area contributed by atoms with Crippen molar-refractivity contribution in [2.24, 2.45) is 5.92 Å². The third-order valence-corrected chi connectivity index (χ3v) is 3.63. The molecule has 0 atom stereocenters. The van der Waals surface area contributed by atoms with E-state index in [0.717, 1.165) is 24.5 Å². The van der Waals surface area contributed by atoms with Gasteiger partial charge in [0.2, 0.25) is 5.95 Å². The van der Waals surface area contributed by atoms with E-state index in [0.29, 0.717) is 17.8 Å². The number of nitrogens with two attached hydrogens (primary N) is 1. The van der Waals surface area contributed by atoms with E-state index in [4.69, 9.17) is 5.73 Å². The highest BCUT2D eigenvalue weighted by Gasteiger charge is 2.19. The maximum Gasteiger partial charge on any atom is 0.223 e. The van der Waals surface area contributed by atoms with Gasteiger partial charge >= 0.3 is 0 Å². The smallest absolute Gasteiger partial charge is 0.223 e. The van der Waals surface area contributed by atoms with Crippen LogP contribution in [-0.2, 0) is 6.42 Å². The lowest BCUT2D eigenvalue weighted by Gasteiger charge is -2.20. The second-order valence-corrected chi connectivity index (χ2v) is 5.74. The van der Waals surface area contributed by atoms with Crippen LogP contribution in [-0.4, -0.2) is 15.0 Å². The number of aryl methyl sites for hydroxylation is 1. The fourth-order valence-corrected chi connectivity index (χ4v) is 2.53. The molecule has 1 aliphatic rings. The molecule has 0 bridgehead atoms. The van der Waals surface area contributed by atoms with Crippen LogP contribution >= 0.6 is 0 Å². The molecule has 2 rings (SSSR count). The number of hydrogen-bond acceptors (Lipinski definition) is 4. The van der Waals surface area contributed by atoms with Gasteiger partial charge in [-0.1, -0.05) is 33.1 Å². The molecular weight excluding hydrogens is 224 g/mol. The van der Waals surface area contributed by atoms with E-state index in [9.17, 15) is 0 Å². The third kappa shape index (κ3) is 3.65. The van der Waals surface area contributed by atoms with Crippen LogP contribution in [0.5, 0.6) is 0 Å². The van der Waals surface area contributed by atoms with Gasteiger partial charge in [0.1, 0.15) is 11.6 Å². The predicted molar refractivity (Wildman–Crippen MR) is 73.2 cm³/mol. The molecule has 1 saturated carbocycles. The van der Waals surface area contributed by atoms with Gasteiger partial charge in [-0.15, -0.1) is 0 Å². The summed E-state index contributed by atoms with van der Waals surface area (Å²) in [6.45, 7) is 4.43. The van der Waals surface area contributed by atoms with Crippen LogP contribution in [0.25, 0.3) is 0 Å². The van der Waals surface area contributed by atoms with Crippen molar-refractivity contribution in [1.82, 2.24) is 15.0 Å². The topological polar surface area (TPSA) is 64.7 Å². The summed E-state index contributed by atoms with van der Waals surface area (Å²) >= 11 is 0. The summed E-state index contributed by atoms with van der Waals surface area (Å²) in [6.07, 6.45) is 8.34. The van der Waals surface area contributed by atoms with Crippen molar-refractivity contribution in [1.29, 1.82) is 0 Å². The molecule has 1 aliphatic carbocycles. The highest BCUT2D eigenvalue weighted by molar-refractivity contribution is 5.17. The first-order valence-electron chi connectivity index (χ1n) is 7.15. The molecule has 0 amide bonds. The quantitative estimate of drug-likeness (QED) is 0.889. The summed E-state index contributed by atoms with van der Waals surface area (Å²) < 4.78 is 0. The lowest BCUT2D eigenvalue weighted by atomic mass is 9.89. The SMILES string of the molecule is CC(C)CCc1nc(N)nc(C2CCCCC2)n1. The van der Waals surface area contributed by atoms with Gasteiger partial charge in [0, 0.05) is 12.3 Å². The number of rotatable bonds is 4. The van der Waals surface area contributed by atoms with Gasteiger partial charge in [-0.05, 0) is 25.2 Å². The molecule has 1 fully saturated rings. The zero-order chi connectivity index (χ0) is 13.0. The van der Waals surface area contributed by atoms with Crippen LogP contribution < -0.4 is 5.73 Å². The molecule has 1 aromatic heterocycles. The van der Waals surface area contributed by atoms with Crippen molar-refractivity contribution in [3.8, 4) is 0 Å². The lowest BCUT2D eigenvalue weighted by Crippen LogP contribution is -2.14. The van der Waals surface area contributed by atoms with Crippen molar-refractivity contribution in [3.05, 3.63) is 11.6 Å². The van der Waals surface area contributed by atoms with Crippen LogP contribution in [0, 0.1) is 5.92 Å². The van der Waals surface area contributed by atoms with E-state index in [1.54, 1.807) is 0 Å². The molecule has 0 aliphatic heterocycles. The molecule has 4 heteroatoms. The molecule has 0 radical (unpaired) electrons. The Labute approximate surface area is 109 Å². The first-order chi connectivity index (χ1) is 8.65. The maximum absolute atomic E-state index is 5.81. The first kappa shape index (κ1) is 13.2. The van der Waals surface area contributed by atoms with Crippen LogP contribution in [0.15, 0.2) is 0 Å². The fourth-order valence-electron chi connectivity index (χ4n) is 2.53. The number of nitrogen functional groups attached to an aromatic ring is 1. The van der Waals surface area contributed by atoms with E-state index in [1.807, 2.05) is 0 Å². The van der Waals surface area contributed by atoms with Crippen LogP contribution in [0.2, 0.25) is 0 Å². The Morgan fingerprint density at radius 1 is 1.11 bits per heavy atom. The van der Waals surface area contributed by atoms with Crippen molar-refractivity contribution in [2.75, 3.05) is 5.73 Å². The average Bonchev–Trinajstić information content (AvgIpc) is 2.37. The highest BCUT2D eigenvalue weighted by atomic mass is 15.1. The van der Waals surface area contributed by atoms with E-state index in [1.165, 1.54) is 32.1 Å². The highest BCUT2D eigenvalue weighted by Crippen LogP contribution is 2.30. The summed E-state index contributed by atoms with van der Waals surface area (Å²) in [7, 11) is 0. The molecule has 18 heavy (non-hydrogen) atoms. The molecule has 1 aromatic rings. The molecule has 0 saturated heterocycles. The van der Waals surface area contributed by atoms with Gasteiger partial charge in [-0.3, -0.25) is 0 Å². The van der Waals surface area contributed by atoms with Gasteiger partial charge in [0.15, 0.2) is 0 Å². The first-order valence-corrected chi connectivity index (χ1v) is 7.15. The largest absolute Gasteiger partial charge is 0.368 e. The van der Waals surface area contributed by atoms with Gasteiger partial charge in [0.25, 0.3) is 0 Å². The summed E-state index contributed by atoms with van der Waals surface area (Å²) in [5.41, 5.74) is 5.81. The normalized spacial score (nSPS) is 17.3. The predicted octanol–water partition coefficient (Wildman–Crippen LogP) is 3.09. The molecule has 0 spiro atoms. The lowest BCUT2D eigenvalue weighted by molar-refractivity contribution is 0.426. The molecule has 4 nitrogen and oxygen atoms in total. The summed E-state index contributed by atoms with van der Waals surface area (Å²) in [5, 5.41) is 0. The van der Waals surface area contributed by atoms with Crippen LogP contribution in [0.1, 0.15) is 69.9 Å². The molecular formula is C14H24N4. The van der Waals surface area contributed by atoms with Crippen molar-refractivity contribution < 1.29 is 0 Å². The minimum atomic E-state index is 0.393. The van der Waals surface area contributed by atoms with E-state index >= 15 is 0 Å². The summed E-state index contributed by atoms with van der Waals surface area (Å²) in [6, 6.07) is 0. The Balaban J connectivity index is 2.09.